The number of ether oxygens (including phenoxy) is 2. The highest BCUT2D eigenvalue weighted by atomic mass is 35.5. The molecule has 0 unspecified atom stereocenters. The Hall–Kier alpha value is -2.21. The number of methoxy groups -OCH3 is 2. The van der Waals surface area contributed by atoms with Crippen LogP contribution in [0.2, 0.25) is 5.02 Å². The van der Waals surface area contributed by atoms with Crippen molar-refractivity contribution in [2.24, 2.45) is 5.92 Å². The molecule has 6 nitrogen and oxygen atoms in total. The third-order valence-corrected chi connectivity index (χ3v) is 4.55. The summed E-state index contributed by atoms with van der Waals surface area (Å²) < 4.78 is 10.5. The fraction of sp³-hybridized carbons (Fsp3) is 0.474. The van der Waals surface area contributed by atoms with Gasteiger partial charge in [-0.05, 0) is 23.8 Å². The summed E-state index contributed by atoms with van der Waals surface area (Å²) in [4.78, 5) is 27.9. The van der Waals surface area contributed by atoms with Crippen LogP contribution in [-0.4, -0.2) is 62.0 Å². The van der Waals surface area contributed by atoms with Gasteiger partial charge in [-0.2, -0.15) is 0 Å². The zero-order valence-electron chi connectivity index (χ0n) is 15.6. The second-order valence-corrected chi connectivity index (χ2v) is 6.78. The second-order valence-electron chi connectivity index (χ2n) is 6.38. The number of amides is 2. The minimum Gasteiger partial charge on any atom is -0.493 e. The van der Waals surface area contributed by atoms with Gasteiger partial charge in [-0.15, -0.1) is 0 Å². The Bertz CT molecular complexity index is 695. The zero-order valence-corrected chi connectivity index (χ0v) is 16.4. The van der Waals surface area contributed by atoms with E-state index in [4.69, 9.17) is 21.1 Å². The van der Waals surface area contributed by atoms with E-state index in [1.807, 2.05) is 18.7 Å². The fourth-order valence-corrected chi connectivity index (χ4v) is 3.12. The molecule has 7 heteroatoms. The van der Waals surface area contributed by atoms with Gasteiger partial charge in [0, 0.05) is 38.2 Å². The Morgan fingerprint density at radius 1 is 1.08 bits per heavy atom. The number of nitrogens with zero attached hydrogens (tertiary/aromatic N) is 2. The van der Waals surface area contributed by atoms with Gasteiger partial charge in [0.2, 0.25) is 11.8 Å². The molecule has 0 atom stereocenters. The van der Waals surface area contributed by atoms with Crippen molar-refractivity contribution in [2.45, 2.75) is 13.8 Å². The summed E-state index contributed by atoms with van der Waals surface area (Å²) in [5, 5.41) is 0.416. The number of carbonyl (C=O) groups excluding carboxylic acids is 2. The van der Waals surface area contributed by atoms with E-state index in [9.17, 15) is 9.59 Å². The molecule has 0 spiro atoms. The van der Waals surface area contributed by atoms with E-state index in [1.165, 1.54) is 20.3 Å². The maximum Gasteiger partial charge on any atom is 0.246 e. The van der Waals surface area contributed by atoms with Crippen LogP contribution in [-0.2, 0) is 9.59 Å². The number of benzene rings is 1. The first-order valence-corrected chi connectivity index (χ1v) is 8.92. The van der Waals surface area contributed by atoms with Gasteiger partial charge in [-0.3, -0.25) is 9.59 Å². The molecule has 2 amide bonds. The molecular weight excluding hydrogens is 356 g/mol. The summed E-state index contributed by atoms with van der Waals surface area (Å²) in [6.45, 7) is 5.98. The van der Waals surface area contributed by atoms with Crippen molar-refractivity contribution in [1.82, 2.24) is 9.80 Å². The summed E-state index contributed by atoms with van der Waals surface area (Å²) in [7, 11) is 3.05. The Balaban J connectivity index is 2.00. The average Bonchev–Trinajstić information content (AvgIpc) is 2.64. The van der Waals surface area contributed by atoms with Crippen molar-refractivity contribution in [2.75, 3.05) is 40.4 Å². The topological polar surface area (TPSA) is 59.1 Å². The van der Waals surface area contributed by atoms with Crippen molar-refractivity contribution in [3.63, 3.8) is 0 Å². The van der Waals surface area contributed by atoms with Crippen LogP contribution in [0.3, 0.4) is 0 Å². The van der Waals surface area contributed by atoms with Crippen LogP contribution in [0.15, 0.2) is 18.2 Å². The predicted octanol–water partition coefficient (Wildman–Crippen LogP) is 2.70. The Morgan fingerprint density at radius 3 is 2.23 bits per heavy atom. The van der Waals surface area contributed by atoms with Gasteiger partial charge in [-0.1, -0.05) is 25.4 Å². The third kappa shape index (κ3) is 4.69. The lowest BCUT2D eigenvalue weighted by Crippen LogP contribution is -2.51. The van der Waals surface area contributed by atoms with Gasteiger partial charge >= 0.3 is 0 Å². The van der Waals surface area contributed by atoms with Gasteiger partial charge in [0.05, 0.1) is 19.2 Å². The molecule has 142 valence electrons. The molecule has 1 saturated heterocycles. The lowest BCUT2D eigenvalue weighted by atomic mass is 10.1. The second kappa shape index (κ2) is 8.94. The molecule has 2 rings (SSSR count). The standard InChI is InChI=1S/C19H25ClN2O4/c1-13(2)19(24)22-9-7-21(8-10-22)17(23)6-5-14-11-15(20)18(26-4)16(12-14)25-3/h5-6,11-13H,7-10H2,1-4H3/b6-5+. The molecule has 1 aromatic carbocycles. The molecule has 1 aliphatic rings. The largest absolute Gasteiger partial charge is 0.493 e. The first kappa shape index (κ1) is 20.1. The highest BCUT2D eigenvalue weighted by molar-refractivity contribution is 6.32. The molecule has 0 saturated carbocycles. The number of rotatable bonds is 5. The van der Waals surface area contributed by atoms with E-state index in [0.717, 1.165) is 5.56 Å². The summed E-state index contributed by atoms with van der Waals surface area (Å²) in [5.74, 6) is 0.989. The van der Waals surface area contributed by atoms with Gasteiger partial charge < -0.3 is 19.3 Å². The van der Waals surface area contributed by atoms with Crippen molar-refractivity contribution >= 4 is 29.5 Å². The van der Waals surface area contributed by atoms with Crippen LogP contribution in [0.25, 0.3) is 6.08 Å². The highest BCUT2D eigenvalue weighted by Crippen LogP contribution is 2.36. The molecule has 1 aliphatic heterocycles. The number of hydrogen-bond donors (Lipinski definition) is 0. The van der Waals surface area contributed by atoms with E-state index >= 15 is 0 Å². The molecule has 1 aromatic rings. The van der Waals surface area contributed by atoms with Gasteiger partial charge in [0.15, 0.2) is 11.5 Å². The first-order valence-electron chi connectivity index (χ1n) is 8.54. The van der Waals surface area contributed by atoms with Crippen LogP contribution in [0, 0.1) is 5.92 Å². The van der Waals surface area contributed by atoms with Crippen LogP contribution in [0.1, 0.15) is 19.4 Å². The van der Waals surface area contributed by atoms with Gasteiger partial charge in [0.1, 0.15) is 0 Å². The molecule has 26 heavy (non-hydrogen) atoms. The number of hydrogen-bond acceptors (Lipinski definition) is 4. The van der Waals surface area contributed by atoms with Crippen LogP contribution < -0.4 is 9.47 Å². The van der Waals surface area contributed by atoms with E-state index in [-0.39, 0.29) is 17.7 Å². The number of carbonyl (C=O) groups is 2. The third-order valence-electron chi connectivity index (χ3n) is 4.27. The van der Waals surface area contributed by atoms with E-state index in [2.05, 4.69) is 0 Å². The minimum absolute atomic E-state index is 0.0213. The molecule has 0 N–H and O–H groups in total. The molecule has 0 aromatic heterocycles. The monoisotopic (exact) mass is 380 g/mol. The van der Waals surface area contributed by atoms with Crippen LogP contribution >= 0.6 is 11.6 Å². The van der Waals surface area contributed by atoms with E-state index in [1.54, 1.807) is 23.1 Å². The van der Waals surface area contributed by atoms with Crippen molar-refractivity contribution < 1.29 is 19.1 Å². The smallest absolute Gasteiger partial charge is 0.246 e. The zero-order chi connectivity index (χ0) is 19.3. The molecule has 0 aliphatic carbocycles. The van der Waals surface area contributed by atoms with Gasteiger partial charge in [0.25, 0.3) is 0 Å². The lowest BCUT2D eigenvalue weighted by Gasteiger charge is -2.35. The van der Waals surface area contributed by atoms with Crippen molar-refractivity contribution in [1.29, 1.82) is 0 Å². The number of piperazine rings is 1. The number of halogens is 1. The fourth-order valence-electron chi connectivity index (χ4n) is 2.82. The quantitative estimate of drug-likeness (QED) is 0.737. The Labute approximate surface area is 159 Å². The van der Waals surface area contributed by atoms with Gasteiger partial charge in [-0.25, -0.2) is 0 Å². The van der Waals surface area contributed by atoms with E-state index < -0.39 is 0 Å². The Kier molecular flexibility index (Phi) is 6.91. The molecular formula is C19H25ClN2O4. The molecule has 0 bridgehead atoms. The van der Waals surface area contributed by atoms with Crippen LogP contribution in [0.4, 0.5) is 0 Å². The molecule has 1 heterocycles. The maximum atomic E-state index is 12.4. The maximum absolute atomic E-state index is 12.4. The average molecular weight is 381 g/mol. The van der Waals surface area contributed by atoms with Crippen molar-refractivity contribution in [3.8, 4) is 11.5 Å². The molecule has 0 radical (unpaired) electrons. The summed E-state index contributed by atoms with van der Waals surface area (Å²) in [5.41, 5.74) is 0.745. The lowest BCUT2D eigenvalue weighted by molar-refractivity contribution is -0.139. The SMILES string of the molecule is COc1cc(/C=C/C(=O)N2CCN(C(=O)C(C)C)CC2)cc(Cl)c1OC. The van der Waals surface area contributed by atoms with Crippen LogP contribution in [0.5, 0.6) is 11.5 Å². The normalized spacial score (nSPS) is 14.8. The minimum atomic E-state index is -0.0902. The summed E-state index contributed by atoms with van der Waals surface area (Å²) in [6, 6.07) is 3.47. The predicted molar refractivity (Wildman–Crippen MR) is 102 cm³/mol. The van der Waals surface area contributed by atoms with Crippen molar-refractivity contribution in [3.05, 3.63) is 28.8 Å². The first-order chi connectivity index (χ1) is 12.4. The van der Waals surface area contributed by atoms with E-state index in [0.29, 0.717) is 42.7 Å². The Morgan fingerprint density at radius 2 is 1.69 bits per heavy atom. The highest BCUT2D eigenvalue weighted by Gasteiger charge is 2.24. The summed E-state index contributed by atoms with van der Waals surface area (Å²) in [6.07, 6.45) is 3.21. The molecule has 1 fully saturated rings. The summed E-state index contributed by atoms with van der Waals surface area (Å²) >= 11 is 6.18.